The fourth-order valence-electron chi connectivity index (χ4n) is 1.97. The van der Waals surface area contributed by atoms with Crippen LogP contribution in [-0.2, 0) is 20.2 Å². The van der Waals surface area contributed by atoms with Gasteiger partial charge >= 0.3 is 0 Å². The van der Waals surface area contributed by atoms with Crippen molar-refractivity contribution in [1.29, 1.82) is 0 Å². The Bertz CT molecular complexity index is 534. The van der Waals surface area contributed by atoms with E-state index in [9.17, 15) is 0 Å². The third kappa shape index (κ3) is 4.70. The van der Waals surface area contributed by atoms with Gasteiger partial charge in [0.15, 0.2) is 5.75 Å². The van der Waals surface area contributed by atoms with Crippen LogP contribution in [-0.4, -0.2) is 16.3 Å². The Hall–Kier alpha value is -1.81. The maximum atomic E-state index is 5.71. The molecule has 108 valence electrons. The van der Waals surface area contributed by atoms with E-state index in [1.165, 1.54) is 11.1 Å². The van der Waals surface area contributed by atoms with Gasteiger partial charge in [0.2, 0.25) is 0 Å². The van der Waals surface area contributed by atoms with Crippen molar-refractivity contribution in [2.75, 3.05) is 6.54 Å². The van der Waals surface area contributed by atoms with Crippen molar-refractivity contribution < 1.29 is 4.74 Å². The van der Waals surface area contributed by atoms with Gasteiger partial charge in [0.05, 0.1) is 12.4 Å². The highest BCUT2D eigenvalue weighted by molar-refractivity contribution is 5.23. The van der Waals surface area contributed by atoms with Gasteiger partial charge in [-0.25, -0.2) is 0 Å². The van der Waals surface area contributed by atoms with Gasteiger partial charge in [0, 0.05) is 13.6 Å². The van der Waals surface area contributed by atoms with Crippen LogP contribution in [0.15, 0.2) is 36.7 Å². The molecule has 0 bridgehead atoms. The summed E-state index contributed by atoms with van der Waals surface area (Å²) in [5.74, 6) is 1.47. The largest absolute Gasteiger partial charge is 0.486 e. The van der Waals surface area contributed by atoms with Crippen LogP contribution in [0.2, 0.25) is 0 Å². The Morgan fingerprint density at radius 3 is 2.80 bits per heavy atom. The molecule has 4 nitrogen and oxygen atoms in total. The van der Waals surface area contributed by atoms with Gasteiger partial charge in [-0.15, -0.1) is 0 Å². The summed E-state index contributed by atoms with van der Waals surface area (Å²) in [6, 6.07) is 8.49. The molecule has 0 unspecified atom stereocenters. The predicted octanol–water partition coefficient (Wildman–Crippen LogP) is 2.74. The predicted molar refractivity (Wildman–Crippen MR) is 80.5 cm³/mol. The van der Waals surface area contributed by atoms with E-state index >= 15 is 0 Å². The van der Waals surface area contributed by atoms with E-state index < -0.39 is 0 Å². The molecule has 0 aliphatic carbocycles. The van der Waals surface area contributed by atoms with Crippen LogP contribution in [0, 0.1) is 5.92 Å². The molecular weight excluding hydrogens is 250 g/mol. The standard InChI is InChI=1S/C16H23N3O/c1-13(2)8-17-9-14-5-4-6-15(7-14)12-20-16-10-18-19(3)11-16/h4-7,10-11,13,17H,8-9,12H2,1-3H3. The molecule has 0 saturated carbocycles. The zero-order valence-electron chi connectivity index (χ0n) is 12.5. The van der Waals surface area contributed by atoms with Gasteiger partial charge in [-0.05, 0) is 23.6 Å². The maximum Gasteiger partial charge on any atom is 0.157 e. The third-order valence-electron chi connectivity index (χ3n) is 2.96. The molecule has 20 heavy (non-hydrogen) atoms. The first-order valence-corrected chi connectivity index (χ1v) is 7.03. The number of aryl methyl sites for hydroxylation is 1. The van der Waals surface area contributed by atoms with Gasteiger partial charge < -0.3 is 10.1 Å². The molecule has 0 atom stereocenters. The average Bonchev–Trinajstić information content (AvgIpc) is 2.82. The molecule has 0 aliphatic heterocycles. The van der Waals surface area contributed by atoms with E-state index in [1.807, 2.05) is 13.2 Å². The van der Waals surface area contributed by atoms with Gasteiger partial charge in [-0.2, -0.15) is 5.10 Å². The highest BCUT2D eigenvalue weighted by atomic mass is 16.5. The second kappa shape index (κ2) is 7.10. The number of aromatic nitrogens is 2. The number of hydrogen-bond acceptors (Lipinski definition) is 3. The summed E-state index contributed by atoms with van der Waals surface area (Å²) >= 11 is 0. The first-order valence-electron chi connectivity index (χ1n) is 7.03. The zero-order valence-corrected chi connectivity index (χ0v) is 12.5. The van der Waals surface area contributed by atoms with Crippen molar-refractivity contribution in [1.82, 2.24) is 15.1 Å². The summed E-state index contributed by atoms with van der Waals surface area (Å²) in [5, 5.41) is 7.54. The lowest BCUT2D eigenvalue weighted by atomic mass is 10.1. The fraction of sp³-hybridized carbons (Fsp3) is 0.438. The minimum absolute atomic E-state index is 0.573. The van der Waals surface area contributed by atoms with Crippen molar-refractivity contribution in [3.05, 3.63) is 47.8 Å². The second-order valence-corrected chi connectivity index (χ2v) is 5.48. The van der Waals surface area contributed by atoms with Crippen molar-refractivity contribution in [2.24, 2.45) is 13.0 Å². The number of hydrogen-bond donors (Lipinski definition) is 1. The van der Waals surface area contributed by atoms with Crippen LogP contribution < -0.4 is 10.1 Å². The second-order valence-electron chi connectivity index (χ2n) is 5.48. The average molecular weight is 273 g/mol. The first kappa shape index (κ1) is 14.6. The van der Waals surface area contributed by atoms with Crippen LogP contribution in [0.1, 0.15) is 25.0 Å². The Kier molecular flexibility index (Phi) is 5.18. The fourth-order valence-corrected chi connectivity index (χ4v) is 1.97. The lowest BCUT2D eigenvalue weighted by molar-refractivity contribution is 0.306. The highest BCUT2D eigenvalue weighted by Gasteiger charge is 2.00. The minimum Gasteiger partial charge on any atom is -0.486 e. The summed E-state index contributed by atoms with van der Waals surface area (Å²) in [5.41, 5.74) is 2.47. The van der Waals surface area contributed by atoms with E-state index in [1.54, 1.807) is 10.9 Å². The molecule has 1 aromatic carbocycles. The highest BCUT2D eigenvalue weighted by Crippen LogP contribution is 2.12. The Morgan fingerprint density at radius 1 is 1.30 bits per heavy atom. The van der Waals surface area contributed by atoms with E-state index in [0.717, 1.165) is 18.8 Å². The van der Waals surface area contributed by atoms with Crippen LogP contribution >= 0.6 is 0 Å². The van der Waals surface area contributed by atoms with E-state index in [-0.39, 0.29) is 0 Å². The third-order valence-corrected chi connectivity index (χ3v) is 2.96. The topological polar surface area (TPSA) is 39.1 Å². The normalized spacial score (nSPS) is 11.0. The quantitative estimate of drug-likeness (QED) is 0.843. The SMILES string of the molecule is CC(C)CNCc1cccc(COc2cnn(C)c2)c1. The molecule has 0 radical (unpaired) electrons. The molecule has 0 saturated heterocycles. The molecule has 0 spiro atoms. The van der Waals surface area contributed by atoms with Crippen LogP contribution in [0.25, 0.3) is 0 Å². The van der Waals surface area contributed by atoms with Gasteiger partial charge in [-0.3, -0.25) is 4.68 Å². The molecule has 1 N–H and O–H groups in total. The molecule has 4 heteroatoms. The minimum atomic E-state index is 0.573. The van der Waals surface area contributed by atoms with Crippen molar-refractivity contribution >= 4 is 0 Å². The van der Waals surface area contributed by atoms with Crippen LogP contribution in [0.5, 0.6) is 5.75 Å². The number of rotatable bonds is 7. The molecule has 0 amide bonds. The Morgan fingerprint density at radius 2 is 2.10 bits per heavy atom. The molecule has 1 heterocycles. The smallest absolute Gasteiger partial charge is 0.157 e. The monoisotopic (exact) mass is 273 g/mol. The lowest BCUT2D eigenvalue weighted by Crippen LogP contribution is -2.19. The molecule has 2 rings (SSSR count). The van der Waals surface area contributed by atoms with Crippen molar-refractivity contribution in [3.8, 4) is 5.75 Å². The Labute approximate surface area is 120 Å². The maximum absolute atomic E-state index is 5.71. The lowest BCUT2D eigenvalue weighted by Gasteiger charge is -2.09. The summed E-state index contributed by atoms with van der Waals surface area (Å²) in [7, 11) is 1.88. The summed E-state index contributed by atoms with van der Waals surface area (Å²) in [6.45, 7) is 6.94. The van der Waals surface area contributed by atoms with Gasteiger partial charge in [-0.1, -0.05) is 38.1 Å². The Balaban J connectivity index is 1.85. The van der Waals surface area contributed by atoms with Crippen LogP contribution in [0.3, 0.4) is 0 Å². The summed E-state index contributed by atoms with van der Waals surface area (Å²) < 4.78 is 7.44. The first-order chi connectivity index (χ1) is 9.63. The molecular formula is C16H23N3O. The van der Waals surface area contributed by atoms with E-state index in [4.69, 9.17) is 4.74 Å². The van der Waals surface area contributed by atoms with Crippen molar-refractivity contribution in [3.63, 3.8) is 0 Å². The van der Waals surface area contributed by atoms with Gasteiger partial charge in [0.1, 0.15) is 6.61 Å². The molecule has 0 fully saturated rings. The zero-order chi connectivity index (χ0) is 14.4. The number of nitrogens with zero attached hydrogens (tertiary/aromatic N) is 2. The summed E-state index contributed by atoms with van der Waals surface area (Å²) in [6.07, 6.45) is 3.60. The molecule has 2 aromatic rings. The van der Waals surface area contributed by atoms with Gasteiger partial charge in [0.25, 0.3) is 0 Å². The van der Waals surface area contributed by atoms with E-state index in [2.05, 4.69) is 48.5 Å². The molecule has 1 aromatic heterocycles. The molecule has 0 aliphatic rings. The summed E-state index contributed by atoms with van der Waals surface area (Å²) in [4.78, 5) is 0. The number of benzene rings is 1. The van der Waals surface area contributed by atoms with E-state index in [0.29, 0.717) is 12.5 Å². The van der Waals surface area contributed by atoms with Crippen molar-refractivity contribution in [2.45, 2.75) is 27.0 Å². The number of nitrogens with one attached hydrogen (secondary N) is 1. The number of ether oxygens (including phenoxy) is 1. The van der Waals surface area contributed by atoms with Crippen LogP contribution in [0.4, 0.5) is 0 Å².